The third-order valence-electron chi connectivity index (χ3n) is 0.409. The van der Waals surface area contributed by atoms with Gasteiger partial charge in [-0.1, -0.05) is 6.92 Å². The summed E-state index contributed by atoms with van der Waals surface area (Å²) in [6, 6.07) is 0. The van der Waals surface area contributed by atoms with Crippen LogP contribution in [0.3, 0.4) is 0 Å². The average Bonchev–Trinajstić information content (AvgIpc) is 1.65. The lowest BCUT2D eigenvalue weighted by Gasteiger charge is -1.90. The van der Waals surface area contributed by atoms with Gasteiger partial charge < -0.3 is 0 Å². The first kappa shape index (κ1) is 5.43. The van der Waals surface area contributed by atoms with Crippen LogP contribution < -0.4 is 5.48 Å². The molecule has 0 fully saturated rings. The van der Waals surface area contributed by atoms with Crippen LogP contribution in [0.1, 0.15) is 6.92 Å². The first-order valence-electron chi connectivity index (χ1n) is 1.59. The van der Waals surface area contributed by atoms with Crippen LogP contribution in [-0.2, 0) is 0 Å². The Balaban J connectivity index is 2.99. The van der Waals surface area contributed by atoms with E-state index in [1.165, 1.54) is 6.42 Å². The fourth-order valence-corrected chi connectivity index (χ4v) is 0.0645. The number of hydroxylamine groups is 1. The van der Waals surface area contributed by atoms with Crippen molar-refractivity contribution in [2.45, 2.75) is 6.92 Å². The molecule has 0 amide bonds. The van der Waals surface area contributed by atoms with Gasteiger partial charge in [0.1, 0.15) is 5.84 Å². The predicted molar refractivity (Wildman–Crippen MR) is 22.6 cm³/mol. The Labute approximate surface area is 36.5 Å². The molecule has 0 aromatic heterocycles. The Bertz CT molecular complexity index is 46.8. The molecule has 0 saturated carbocycles. The van der Waals surface area contributed by atoms with Crippen LogP contribution >= 0.6 is 0 Å². The van der Waals surface area contributed by atoms with E-state index < -0.39 is 0 Å². The summed E-state index contributed by atoms with van der Waals surface area (Å²) in [4.78, 5) is 0. The van der Waals surface area contributed by atoms with Crippen LogP contribution in [0, 0.1) is 11.8 Å². The summed E-state index contributed by atoms with van der Waals surface area (Å²) in [5, 5.41) is 14.4. The van der Waals surface area contributed by atoms with Gasteiger partial charge in [0, 0.05) is 6.42 Å². The van der Waals surface area contributed by atoms with Crippen molar-refractivity contribution < 1.29 is 5.21 Å². The second kappa shape index (κ2) is 2.66. The molecule has 0 aromatic rings. The van der Waals surface area contributed by atoms with Gasteiger partial charge in [0.25, 0.3) is 0 Å². The van der Waals surface area contributed by atoms with Crippen molar-refractivity contribution in [1.29, 1.82) is 5.41 Å². The van der Waals surface area contributed by atoms with Crippen molar-refractivity contribution in [2.75, 3.05) is 0 Å². The van der Waals surface area contributed by atoms with E-state index in [1.54, 1.807) is 12.4 Å². The second-order valence-electron chi connectivity index (χ2n) is 0.814. The molecule has 0 aliphatic heterocycles. The van der Waals surface area contributed by atoms with Gasteiger partial charge in [-0.25, -0.2) is 0 Å². The fourth-order valence-electron chi connectivity index (χ4n) is 0.0645. The van der Waals surface area contributed by atoms with Gasteiger partial charge in [-0.05, 0) is 0 Å². The van der Waals surface area contributed by atoms with Crippen LogP contribution in [0.15, 0.2) is 0 Å². The van der Waals surface area contributed by atoms with Gasteiger partial charge >= 0.3 is 0 Å². The largest absolute Gasteiger partial charge is 0.290 e. The maximum absolute atomic E-state index is 7.83. The van der Waals surface area contributed by atoms with Crippen molar-refractivity contribution in [2.24, 2.45) is 0 Å². The summed E-state index contributed by atoms with van der Waals surface area (Å²) in [5.41, 5.74) is 1.64. The van der Waals surface area contributed by atoms with E-state index in [0.29, 0.717) is 0 Å². The van der Waals surface area contributed by atoms with E-state index in [0.717, 1.165) is 0 Å². The first-order valence-corrected chi connectivity index (χ1v) is 1.59. The van der Waals surface area contributed by atoms with Gasteiger partial charge in [-0.2, -0.15) is 0 Å². The molecule has 3 heteroatoms. The molecule has 3 nitrogen and oxygen atoms in total. The van der Waals surface area contributed by atoms with Crippen molar-refractivity contribution >= 4 is 5.84 Å². The number of hydrogen-bond donors (Lipinski definition) is 3. The minimum atomic E-state index is 0.0231. The lowest BCUT2D eigenvalue weighted by Crippen LogP contribution is -2.15. The molecule has 0 aromatic carbocycles. The highest BCUT2D eigenvalue weighted by molar-refractivity contribution is 5.85. The zero-order valence-corrected chi connectivity index (χ0v) is 3.52. The van der Waals surface area contributed by atoms with Gasteiger partial charge in [0.15, 0.2) is 0 Å². The third-order valence-corrected chi connectivity index (χ3v) is 0.409. The van der Waals surface area contributed by atoms with E-state index >= 15 is 0 Å². The maximum atomic E-state index is 7.83. The Morgan fingerprint density at radius 1 is 2.00 bits per heavy atom. The number of nitrogens with one attached hydrogen (secondary N) is 2. The highest BCUT2D eigenvalue weighted by Gasteiger charge is 1.80. The van der Waals surface area contributed by atoms with Gasteiger partial charge in [-0.15, -0.1) is 0 Å². The van der Waals surface area contributed by atoms with Crippen molar-refractivity contribution in [1.82, 2.24) is 5.48 Å². The molecule has 0 unspecified atom stereocenters. The topological polar surface area (TPSA) is 56.1 Å². The lowest BCUT2D eigenvalue weighted by atomic mass is 10.5. The van der Waals surface area contributed by atoms with Crippen molar-refractivity contribution in [3.05, 3.63) is 6.42 Å². The zero-order chi connectivity index (χ0) is 4.99. The number of rotatable bonds is 1. The molecule has 0 spiro atoms. The molecule has 1 radical (unpaired) electrons. The normalized spacial score (nSPS) is 7.67. The zero-order valence-electron chi connectivity index (χ0n) is 3.52. The molecule has 0 saturated heterocycles. The van der Waals surface area contributed by atoms with Crippen LogP contribution in [0.2, 0.25) is 0 Å². The maximum Gasteiger partial charge on any atom is 0.121 e. The fraction of sp³-hybridized carbons (Fsp3) is 0.333. The minimum Gasteiger partial charge on any atom is -0.290 e. The quantitative estimate of drug-likeness (QED) is 0.242. The monoisotopic (exact) mass is 87.1 g/mol. The van der Waals surface area contributed by atoms with E-state index in [4.69, 9.17) is 10.6 Å². The summed E-state index contributed by atoms with van der Waals surface area (Å²) in [7, 11) is 0. The molecule has 0 aliphatic carbocycles. The minimum absolute atomic E-state index is 0.0231. The summed E-state index contributed by atoms with van der Waals surface area (Å²) in [6.07, 6.45) is 1.44. The summed E-state index contributed by atoms with van der Waals surface area (Å²) in [6.45, 7) is 1.66. The molecular weight excluding hydrogens is 80.0 g/mol. The predicted octanol–water partition coefficient (Wildman–Crippen LogP) is 0.167. The smallest absolute Gasteiger partial charge is 0.121 e. The Kier molecular flexibility index (Phi) is 2.40. The van der Waals surface area contributed by atoms with E-state index in [1.807, 2.05) is 0 Å². The molecular formula is C3H7N2O. The number of hydrogen-bond acceptors (Lipinski definition) is 2. The Hall–Kier alpha value is -0.570. The highest BCUT2D eigenvalue weighted by atomic mass is 16.5. The SMILES string of the molecule is C[CH]C(=N)NO. The van der Waals surface area contributed by atoms with Crippen molar-refractivity contribution in [3.63, 3.8) is 0 Å². The molecule has 0 atom stereocenters. The Morgan fingerprint density at radius 3 is 2.50 bits per heavy atom. The van der Waals surface area contributed by atoms with Crippen LogP contribution in [-0.4, -0.2) is 11.0 Å². The average molecular weight is 87.1 g/mol. The Morgan fingerprint density at radius 2 is 2.50 bits per heavy atom. The van der Waals surface area contributed by atoms with Crippen LogP contribution in [0.4, 0.5) is 0 Å². The lowest BCUT2D eigenvalue weighted by molar-refractivity contribution is 0.233. The van der Waals surface area contributed by atoms with Crippen LogP contribution in [0.5, 0.6) is 0 Å². The molecule has 0 heterocycles. The summed E-state index contributed by atoms with van der Waals surface area (Å²) >= 11 is 0. The van der Waals surface area contributed by atoms with Crippen LogP contribution in [0.25, 0.3) is 0 Å². The highest BCUT2D eigenvalue weighted by Crippen LogP contribution is 1.66. The molecule has 6 heavy (non-hydrogen) atoms. The number of amidine groups is 1. The molecule has 0 bridgehead atoms. The van der Waals surface area contributed by atoms with E-state index in [2.05, 4.69) is 0 Å². The summed E-state index contributed by atoms with van der Waals surface area (Å²) < 4.78 is 0. The third kappa shape index (κ3) is 1.72. The van der Waals surface area contributed by atoms with Crippen molar-refractivity contribution in [3.8, 4) is 0 Å². The first-order chi connectivity index (χ1) is 2.81. The molecule has 3 N–H and O–H groups in total. The molecule has 0 aliphatic rings. The van der Waals surface area contributed by atoms with E-state index in [9.17, 15) is 0 Å². The second-order valence-corrected chi connectivity index (χ2v) is 0.814. The molecule has 35 valence electrons. The summed E-state index contributed by atoms with van der Waals surface area (Å²) in [5.74, 6) is 0.0231. The standard InChI is InChI=1S/C3H7N2O/c1-2-3(4)5-6/h2,6H,1H3,(H2,4,5). The molecule has 0 rings (SSSR count). The van der Waals surface area contributed by atoms with Gasteiger partial charge in [0.05, 0.1) is 0 Å². The van der Waals surface area contributed by atoms with Gasteiger partial charge in [0.2, 0.25) is 0 Å². The van der Waals surface area contributed by atoms with E-state index in [-0.39, 0.29) is 5.84 Å². The van der Waals surface area contributed by atoms with Gasteiger partial charge in [-0.3, -0.25) is 16.1 Å².